The minimum atomic E-state index is -0.190. The van der Waals surface area contributed by atoms with Crippen molar-refractivity contribution in [3.8, 4) is 5.82 Å². The van der Waals surface area contributed by atoms with Gasteiger partial charge in [0.2, 0.25) is 0 Å². The second kappa shape index (κ2) is 6.12. The highest BCUT2D eigenvalue weighted by Crippen LogP contribution is 2.40. The zero-order valence-electron chi connectivity index (χ0n) is 14.1. The molecular weight excluding hydrogens is 318 g/mol. The van der Waals surface area contributed by atoms with Gasteiger partial charge in [0.1, 0.15) is 24.3 Å². The maximum Gasteiger partial charge on any atom is 0.257 e. The van der Waals surface area contributed by atoms with Crippen LogP contribution in [-0.2, 0) is 0 Å². The third kappa shape index (κ3) is 3.02. The van der Waals surface area contributed by atoms with Gasteiger partial charge in [-0.05, 0) is 44.7 Å². The normalized spacial score (nSPS) is 15.1. The Balaban J connectivity index is 1.59. The molecule has 3 aromatic rings. The van der Waals surface area contributed by atoms with Crippen LogP contribution in [0.4, 0.5) is 5.82 Å². The Bertz CT molecular complexity index is 896. The lowest BCUT2D eigenvalue weighted by molar-refractivity contribution is 0.102. The van der Waals surface area contributed by atoms with Crippen LogP contribution < -0.4 is 5.32 Å². The summed E-state index contributed by atoms with van der Waals surface area (Å²) >= 11 is 0. The van der Waals surface area contributed by atoms with Gasteiger partial charge in [-0.3, -0.25) is 9.36 Å². The van der Waals surface area contributed by atoms with Gasteiger partial charge in [0.15, 0.2) is 0 Å². The lowest BCUT2D eigenvalue weighted by Crippen LogP contribution is -2.19. The lowest BCUT2D eigenvalue weighted by atomic mass is 10.2. The maximum atomic E-state index is 12.7. The molecule has 1 unspecified atom stereocenters. The van der Waals surface area contributed by atoms with Crippen molar-refractivity contribution in [2.75, 3.05) is 5.32 Å². The summed E-state index contributed by atoms with van der Waals surface area (Å²) in [6.45, 7) is 4.10. The fraction of sp³-hybridized carbons (Fsp3) is 0.353. The van der Waals surface area contributed by atoms with Crippen LogP contribution in [0.3, 0.4) is 0 Å². The van der Waals surface area contributed by atoms with E-state index in [1.807, 2.05) is 11.6 Å². The monoisotopic (exact) mass is 337 g/mol. The minimum Gasteiger partial charge on any atom is -0.307 e. The molecule has 8 nitrogen and oxygen atoms in total. The van der Waals surface area contributed by atoms with Gasteiger partial charge in [0.25, 0.3) is 5.91 Å². The zero-order chi connectivity index (χ0) is 17.4. The third-order valence-corrected chi connectivity index (χ3v) is 4.59. The zero-order valence-corrected chi connectivity index (χ0v) is 14.1. The van der Waals surface area contributed by atoms with Gasteiger partial charge < -0.3 is 5.32 Å². The molecule has 3 heterocycles. The predicted octanol–water partition coefficient (Wildman–Crippen LogP) is 2.39. The van der Waals surface area contributed by atoms with E-state index in [9.17, 15) is 4.79 Å². The minimum absolute atomic E-state index is 0.190. The SMILES string of the molecule is Cc1cnn(C(C)C2CC2)c1NC(=O)c1ccnc(-n2cnnc2)c1. The van der Waals surface area contributed by atoms with Crippen molar-refractivity contribution in [2.45, 2.75) is 32.7 Å². The molecule has 1 aliphatic rings. The molecule has 1 N–H and O–H groups in total. The van der Waals surface area contributed by atoms with Crippen LogP contribution in [0, 0.1) is 12.8 Å². The molecular formula is C17H19N7O. The Morgan fingerprint density at radius 1 is 1.32 bits per heavy atom. The van der Waals surface area contributed by atoms with Gasteiger partial charge in [-0.1, -0.05) is 0 Å². The summed E-state index contributed by atoms with van der Waals surface area (Å²) in [6, 6.07) is 3.68. The highest BCUT2D eigenvalue weighted by atomic mass is 16.1. The molecule has 4 rings (SSSR count). The number of pyridine rings is 1. The molecule has 0 radical (unpaired) electrons. The van der Waals surface area contributed by atoms with Crippen LogP contribution >= 0.6 is 0 Å². The van der Waals surface area contributed by atoms with E-state index in [2.05, 4.69) is 32.5 Å². The summed E-state index contributed by atoms with van der Waals surface area (Å²) < 4.78 is 3.58. The molecule has 3 aromatic heterocycles. The molecule has 0 saturated heterocycles. The van der Waals surface area contributed by atoms with Crippen molar-refractivity contribution in [2.24, 2.45) is 5.92 Å². The molecule has 1 aliphatic carbocycles. The fourth-order valence-corrected chi connectivity index (χ4v) is 2.89. The standard InChI is InChI=1S/C17H19N7O/c1-11-8-21-24(12(2)13-3-4-13)16(11)22-17(25)14-5-6-18-15(7-14)23-9-19-20-10-23/h5-10,12-13H,3-4H2,1-2H3,(H,22,25). The van der Waals surface area contributed by atoms with E-state index in [4.69, 9.17) is 0 Å². The second-order valence-corrected chi connectivity index (χ2v) is 6.42. The number of carbonyl (C=O) groups is 1. The molecule has 0 spiro atoms. The van der Waals surface area contributed by atoms with Crippen LogP contribution in [0.15, 0.2) is 37.2 Å². The van der Waals surface area contributed by atoms with Crippen molar-refractivity contribution >= 4 is 11.7 Å². The van der Waals surface area contributed by atoms with Crippen LogP contribution in [0.1, 0.15) is 41.7 Å². The van der Waals surface area contributed by atoms with Crippen molar-refractivity contribution in [3.63, 3.8) is 0 Å². The molecule has 1 fully saturated rings. The smallest absolute Gasteiger partial charge is 0.257 e. The van der Waals surface area contributed by atoms with E-state index < -0.39 is 0 Å². The molecule has 1 saturated carbocycles. The topological polar surface area (TPSA) is 90.5 Å². The van der Waals surface area contributed by atoms with Crippen LogP contribution in [0.5, 0.6) is 0 Å². The van der Waals surface area contributed by atoms with Gasteiger partial charge in [-0.2, -0.15) is 5.10 Å². The molecule has 8 heteroatoms. The molecule has 0 aliphatic heterocycles. The summed E-state index contributed by atoms with van der Waals surface area (Å²) in [7, 11) is 0. The summed E-state index contributed by atoms with van der Waals surface area (Å²) in [5.41, 5.74) is 1.47. The van der Waals surface area contributed by atoms with Crippen molar-refractivity contribution in [3.05, 3.63) is 48.3 Å². The van der Waals surface area contributed by atoms with Gasteiger partial charge >= 0.3 is 0 Å². The van der Waals surface area contributed by atoms with E-state index in [1.165, 1.54) is 12.8 Å². The average Bonchev–Trinajstić information content (AvgIpc) is 3.21. The largest absolute Gasteiger partial charge is 0.307 e. The van der Waals surface area contributed by atoms with Gasteiger partial charge in [0.05, 0.1) is 12.2 Å². The van der Waals surface area contributed by atoms with Crippen molar-refractivity contribution in [1.29, 1.82) is 0 Å². The van der Waals surface area contributed by atoms with E-state index in [1.54, 1.807) is 41.7 Å². The van der Waals surface area contributed by atoms with Crippen molar-refractivity contribution < 1.29 is 4.79 Å². The van der Waals surface area contributed by atoms with Crippen LogP contribution in [0.25, 0.3) is 5.82 Å². The second-order valence-electron chi connectivity index (χ2n) is 6.42. The number of rotatable bonds is 5. The molecule has 1 atom stereocenters. The van der Waals surface area contributed by atoms with Crippen molar-refractivity contribution in [1.82, 2.24) is 29.5 Å². The summed E-state index contributed by atoms with van der Waals surface area (Å²) in [6.07, 6.45) is 8.92. The van der Waals surface area contributed by atoms with Crippen LogP contribution in [-0.4, -0.2) is 35.4 Å². The first-order chi connectivity index (χ1) is 12.1. The Morgan fingerprint density at radius 2 is 2.08 bits per heavy atom. The van der Waals surface area contributed by atoms with E-state index in [0.717, 1.165) is 11.4 Å². The van der Waals surface area contributed by atoms with E-state index >= 15 is 0 Å². The molecule has 1 amide bonds. The Hall–Kier alpha value is -3.03. The summed E-state index contributed by atoms with van der Waals surface area (Å²) in [5.74, 6) is 1.81. The van der Waals surface area contributed by atoms with Gasteiger partial charge in [-0.25, -0.2) is 9.67 Å². The number of aryl methyl sites for hydroxylation is 1. The van der Waals surface area contributed by atoms with E-state index in [0.29, 0.717) is 17.3 Å². The fourth-order valence-electron chi connectivity index (χ4n) is 2.89. The number of hydrogen-bond donors (Lipinski definition) is 1. The third-order valence-electron chi connectivity index (χ3n) is 4.59. The average molecular weight is 337 g/mol. The first-order valence-electron chi connectivity index (χ1n) is 8.30. The van der Waals surface area contributed by atoms with Gasteiger partial charge in [0, 0.05) is 17.3 Å². The number of nitrogens with zero attached hydrogens (tertiary/aromatic N) is 6. The number of carbonyl (C=O) groups excluding carboxylic acids is 1. The number of amides is 1. The number of aromatic nitrogens is 6. The predicted molar refractivity (Wildman–Crippen MR) is 91.5 cm³/mol. The highest BCUT2D eigenvalue weighted by molar-refractivity contribution is 6.04. The number of anilines is 1. The number of hydrogen-bond acceptors (Lipinski definition) is 5. The van der Waals surface area contributed by atoms with Gasteiger partial charge in [-0.15, -0.1) is 10.2 Å². The number of nitrogens with one attached hydrogen (secondary N) is 1. The Morgan fingerprint density at radius 3 is 2.80 bits per heavy atom. The Kier molecular flexibility index (Phi) is 3.79. The van der Waals surface area contributed by atoms with Crippen LogP contribution in [0.2, 0.25) is 0 Å². The quantitative estimate of drug-likeness (QED) is 0.772. The molecule has 0 aromatic carbocycles. The first kappa shape index (κ1) is 15.5. The Labute approximate surface area is 144 Å². The summed E-state index contributed by atoms with van der Waals surface area (Å²) in [4.78, 5) is 17.0. The highest BCUT2D eigenvalue weighted by Gasteiger charge is 2.31. The first-order valence-corrected chi connectivity index (χ1v) is 8.30. The maximum absolute atomic E-state index is 12.7. The molecule has 25 heavy (non-hydrogen) atoms. The van der Waals surface area contributed by atoms with E-state index in [-0.39, 0.29) is 11.9 Å². The molecule has 128 valence electrons. The lowest BCUT2D eigenvalue weighted by Gasteiger charge is -2.16. The summed E-state index contributed by atoms with van der Waals surface area (Å²) in [5, 5.41) is 15.0. The molecule has 0 bridgehead atoms.